The minimum absolute atomic E-state index is 0.0585. The number of hydrogen-bond acceptors (Lipinski definition) is 13. The average Bonchev–Trinajstić information content (AvgIpc) is 2.70. The van der Waals surface area contributed by atoms with Crippen LogP contribution in [-0.4, -0.2) is 74.8 Å². The topological polar surface area (TPSA) is 222 Å². The van der Waals surface area contributed by atoms with Crippen LogP contribution in [0.25, 0.3) is 11.0 Å². The third-order valence-electron chi connectivity index (χ3n) is 4.59. The number of aryl methyl sites for hydroxylation is 1. The third-order valence-corrected chi connectivity index (χ3v) is 5.53. The van der Waals surface area contributed by atoms with Crippen molar-refractivity contribution in [1.29, 1.82) is 0 Å². The van der Waals surface area contributed by atoms with Crippen LogP contribution in [0.3, 0.4) is 0 Å². The molecule has 0 saturated carbocycles. The zero-order valence-corrected chi connectivity index (χ0v) is 18.9. The van der Waals surface area contributed by atoms with Crippen LogP contribution >= 0.6 is 0 Å². The van der Waals surface area contributed by atoms with E-state index < -0.39 is 63.1 Å². The molecule has 1 aliphatic heterocycles. The number of carbonyl (C=O) groups excluding carboxylic acids is 1. The standard InChI is InChI=1S/C17H18O15S2/c1-7-5-11(18)29-10-6-8(3-4-9(7)10)28-17-14(32-34(24,25)26)12(19)13(31-33(21,22)23)15(30-17)16(20)27-2/h3-6,12-15,17,19H,1-2H3,(H,21,22,23)(H,24,25,26)/t12?,13-,14?,15+,17+/m0/s1. The Morgan fingerprint density at radius 3 is 2.24 bits per heavy atom. The Bertz CT molecular complexity index is 1350. The van der Waals surface area contributed by atoms with Gasteiger partial charge in [0.1, 0.15) is 23.5 Å². The maximum atomic E-state index is 12.1. The number of benzene rings is 1. The van der Waals surface area contributed by atoms with Crippen molar-refractivity contribution in [3.05, 3.63) is 40.2 Å². The van der Waals surface area contributed by atoms with Gasteiger partial charge in [0.15, 0.2) is 12.2 Å². The summed E-state index contributed by atoms with van der Waals surface area (Å²) in [5.74, 6) is -1.44. The molecule has 15 nitrogen and oxygen atoms in total. The van der Waals surface area contributed by atoms with Gasteiger partial charge in [0.25, 0.3) is 0 Å². The summed E-state index contributed by atoms with van der Waals surface area (Å²) in [4.78, 5) is 23.8. The number of aliphatic hydroxyl groups is 1. The van der Waals surface area contributed by atoms with E-state index >= 15 is 0 Å². The Balaban J connectivity index is 2.03. The van der Waals surface area contributed by atoms with Gasteiger partial charge in [-0.2, -0.15) is 16.8 Å². The minimum atomic E-state index is -5.31. The van der Waals surface area contributed by atoms with Gasteiger partial charge in [-0.05, 0) is 24.6 Å². The summed E-state index contributed by atoms with van der Waals surface area (Å²) in [5.41, 5.74) is -0.0380. The molecule has 17 heteroatoms. The molecule has 0 amide bonds. The summed E-state index contributed by atoms with van der Waals surface area (Å²) in [6.07, 6.45) is -10.9. The first-order chi connectivity index (χ1) is 15.7. The molecule has 2 unspecified atom stereocenters. The first-order valence-corrected chi connectivity index (χ1v) is 11.9. The smallest absolute Gasteiger partial charge is 0.397 e. The van der Waals surface area contributed by atoms with Crippen molar-refractivity contribution >= 4 is 37.7 Å². The van der Waals surface area contributed by atoms with Crippen molar-refractivity contribution < 1.29 is 62.8 Å². The Morgan fingerprint density at radius 1 is 1.03 bits per heavy atom. The van der Waals surface area contributed by atoms with E-state index in [-0.39, 0.29) is 11.3 Å². The minimum Gasteiger partial charge on any atom is -0.467 e. The van der Waals surface area contributed by atoms with Gasteiger partial charge < -0.3 is 23.7 Å². The first kappa shape index (κ1) is 26.0. The van der Waals surface area contributed by atoms with Gasteiger partial charge >= 0.3 is 32.4 Å². The number of carbonyl (C=O) groups is 1. The lowest BCUT2D eigenvalue weighted by Gasteiger charge is -2.41. The third kappa shape index (κ3) is 6.07. The molecule has 188 valence electrons. The lowest BCUT2D eigenvalue weighted by molar-refractivity contribution is -0.262. The SMILES string of the molecule is COC(=O)[C@@H]1O[C@@H](Oc2ccc3c(C)cc(=O)oc3c2)C(OS(=O)(=O)O)C(O)[C@@H]1OS(=O)(=O)O. The van der Waals surface area contributed by atoms with E-state index in [2.05, 4.69) is 13.1 Å². The van der Waals surface area contributed by atoms with Gasteiger partial charge in [-0.25, -0.2) is 18.0 Å². The van der Waals surface area contributed by atoms with Crippen LogP contribution in [0.4, 0.5) is 0 Å². The Morgan fingerprint density at radius 2 is 1.65 bits per heavy atom. The van der Waals surface area contributed by atoms with Crippen molar-refractivity contribution in [2.45, 2.75) is 37.6 Å². The number of aliphatic hydroxyl groups excluding tert-OH is 1. The second-order valence-corrected chi connectivity index (χ2v) is 9.04. The molecule has 1 fully saturated rings. The van der Waals surface area contributed by atoms with Crippen molar-refractivity contribution in [2.75, 3.05) is 7.11 Å². The zero-order valence-electron chi connectivity index (χ0n) is 17.3. The van der Waals surface area contributed by atoms with Crippen LogP contribution in [0.2, 0.25) is 0 Å². The van der Waals surface area contributed by atoms with Gasteiger partial charge in [0.05, 0.1) is 7.11 Å². The average molecular weight is 526 g/mol. The predicted molar refractivity (Wildman–Crippen MR) is 107 cm³/mol. The molecule has 1 aromatic carbocycles. The summed E-state index contributed by atoms with van der Waals surface area (Å²) < 4.78 is 91.9. The van der Waals surface area contributed by atoms with Gasteiger partial charge in [-0.15, -0.1) is 0 Å². The molecule has 0 bridgehead atoms. The summed E-state index contributed by atoms with van der Waals surface area (Å²) >= 11 is 0. The molecule has 1 aromatic heterocycles. The van der Waals surface area contributed by atoms with E-state index in [1.807, 2.05) is 0 Å². The number of ether oxygens (including phenoxy) is 3. The number of hydrogen-bond donors (Lipinski definition) is 3. The van der Waals surface area contributed by atoms with Crippen molar-refractivity contribution in [1.82, 2.24) is 0 Å². The van der Waals surface area contributed by atoms with Gasteiger partial charge in [-0.1, -0.05) is 0 Å². The van der Waals surface area contributed by atoms with Gasteiger partial charge in [0, 0.05) is 17.5 Å². The highest BCUT2D eigenvalue weighted by Crippen LogP contribution is 2.31. The van der Waals surface area contributed by atoms with E-state index in [9.17, 15) is 31.5 Å². The van der Waals surface area contributed by atoms with Gasteiger partial charge in [0.2, 0.25) is 6.29 Å². The second kappa shape index (κ2) is 9.55. The zero-order chi connectivity index (χ0) is 25.4. The van der Waals surface area contributed by atoms with Gasteiger partial charge in [-0.3, -0.25) is 9.11 Å². The number of rotatable bonds is 7. The molecular weight excluding hydrogens is 508 g/mol. The molecule has 0 radical (unpaired) electrons. The quantitative estimate of drug-likeness (QED) is 0.226. The summed E-state index contributed by atoms with van der Waals surface area (Å²) in [6, 6.07) is 5.26. The molecule has 3 rings (SSSR count). The second-order valence-electron chi connectivity index (χ2n) is 6.94. The fraction of sp³-hybridized carbons (Fsp3) is 0.412. The summed E-state index contributed by atoms with van der Waals surface area (Å²) in [5, 5.41) is 11.1. The lowest BCUT2D eigenvalue weighted by atomic mass is 9.99. The molecular formula is C17H18O15S2. The van der Waals surface area contributed by atoms with E-state index in [1.165, 1.54) is 24.3 Å². The fourth-order valence-electron chi connectivity index (χ4n) is 3.23. The molecule has 3 N–H and O–H groups in total. The highest BCUT2D eigenvalue weighted by Gasteiger charge is 2.54. The van der Waals surface area contributed by atoms with E-state index in [1.54, 1.807) is 6.92 Å². The maximum Gasteiger partial charge on any atom is 0.397 e. The first-order valence-electron chi connectivity index (χ1n) is 9.12. The van der Waals surface area contributed by atoms with Crippen LogP contribution in [0.1, 0.15) is 5.56 Å². The lowest BCUT2D eigenvalue weighted by Crippen LogP contribution is -2.63. The molecule has 5 atom stereocenters. The van der Waals surface area contributed by atoms with Crippen LogP contribution in [0, 0.1) is 6.92 Å². The number of methoxy groups -OCH3 is 1. The molecule has 2 aromatic rings. The molecule has 0 aliphatic carbocycles. The van der Waals surface area contributed by atoms with Crippen molar-refractivity contribution in [3.63, 3.8) is 0 Å². The van der Waals surface area contributed by atoms with Crippen LogP contribution in [0.5, 0.6) is 5.75 Å². The van der Waals surface area contributed by atoms with E-state index in [4.69, 9.17) is 23.0 Å². The van der Waals surface area contributed by atoms with Crippen LogP contribution < -0.4 is 10.4 Å². The van der Waals surface area contributed by atoms with Crippen molar-refractivity contribution in [3.8, 4) is 5.75 Å². The fourth-order valence-corrected chi connectivity index (χ4v) is 4.21. The normalized spacial score (nSPS) is 25.7. The molecule has 2 heterocycles. The maximum absolute atomic E-state index is 12.1. The molecule has 34 heavy (non-hydrogen) atoms. The van der Waals surface area contributed by atoms with E-state index in [0.717, 1.165) is 7.11 Å². The summed E-state index contributed by atoms with van der Waals surface area (Å²) in [6.45, 7) is 1.65. The van der Waals surface area contributed by atoms with E-state index in [0.29, 0.717) is 10.9 Å². The van der Waals surface area contributed by atoms with Crippen LogP contribution in [-0.2, 0) is 43.4 Å². The Labute approximate surface area is 191 Å². The Hall–Kier alpha value is -2.64. The summed E-state index contributed by atoms with van der Waals surface area (Å²) in [7, 11) is -9.73. The van der Waals surface area contributed by atoms with Crippen molar-refractivity contribution in [2.24, 2.45) is 0 Å². The highest BCUT2D eigenvalue weighted by atomic mass is 32.3. The number of esters is 1. The monoisotopic (exact) mass is 526 g/mol. The Kier molecular flexibility index (Phi) is 7.29. The number of fused-ring (bicyclic) bond motifs is 1. The largest absolute Gasteiger partial charge is 0.467 e. The molecule has 0 spiro atoms. The molecule has 1 aliphatic rings. The van der Waals surface area contributed by atoms with Crippen LogP contribution in [0.15, 0.2) is 33.5 Å². The predicted octanol–water partition coefficient (Wildman–Crippen LogP) is -0.885. The molecule has 1 saturated heterocycles. The highest BCUT2D eigenvalue weighted by molar-refractivity contribution is 7.81.